The van der Waals surface area contributed by atoms with Gasteiger partial charge in [0.15, 0.2) is 5.44 Å². The molecular weight excluding hydrogens is 304 g/mol. The predicted octanol–water partition coefficient (Wildman–Crippen LogP) is 3.01. The van der Waals surface area contributed by atoms with Crippen molar-refractivity contribution in [1.29, 1.82) is 0 Å². The van der Waals surface area contributed by atoms with Crippen LogP contribution in [0.15, 0.2) is 0 Å². The van der Waals surface area contributed by atoms with Crippen molar-refractivity contribution in [2.45, 2.75) is 69.9 Å². The van der Waals surface area contributed by atoms with Gasteiger partial charge in [0.1, 0.15) is 12.2 Å². The van der Waals surface area contributed by atoms with Gasteiger partial charge < -0.3 is 18.9 Å². The van der Waals surface area contributed by atoms with Gasteiger partial charge in [0.25, 0.3) is 0 Å². The van der Waals surface area contributed by atoms with Gasteiger partial charge in [-0.25, -0.2) is 0 Å². The predicted molar refractivity (Wildman–Crippen MR) is 88.1 cm³/mol. The van der Waals surface area contributed by atoms with Crippen LogP contribution in [0.1, 0.15) is 47.0 Å². The summed E-state index contributed by atoms with van der Waals surface area (Å²) in [6.45, 7) is 10.3. The summed E-state index contributed by atoms with van der Waals surface area (Å²) in [7, 11) is 0. The Morgan fingerprint density at radius 1 is 0.955 bits per heavy atom. The van der Waals surface area contributed by atoms with E-state index in [1.165, 1.54) is 6.92 Å². The highest BCUT2D eigenvalue weighted by atomic mass is 32.2. The number of thioether (sulfide) groups is 1. The zero-order valence-corrected chi connectivity index (χ0v) is 15.0. The third-order valence-electron chi connectivity index (χ3n) is 3.21. The van der Waals surface area contributed by atoms with Crippen molar-refractivity contribution in [2.24, 2.45) is 0 Å². The molecule has 0 N–H and O–H groups in total. The second-order valence-electron chi connectivity index (χ2n) is 5.40. The summed E-state index contributed by atoms with van der Waals surface area (Å²) >= 11 is 1.59. The van der Waals surface area contributed by atoms with Crippen molar-refractivity contribution in [3.8, 4) is 0 Å². The lowest BCUT2D eigenvalue weighted by Gasteiger charge is -2.25. The summed E-state index contributed by atoms with van der Waals surface area (Å²) in [6, 6.07) is 0. The Balaban J connectivity index is 2.73. The van der Waals surface area contributed by atoms with Crippen LogP contribution in [0.5, 0.6) is 0 Å². The topological polar surface area (TPSA) is 54.0 Å². The molecule has 1 aliphatic heterocycles. The van der Waals surface area contributed by atoms with Gasteiger partial charge in [0, 0.05) is 26.7 Å². The van der Waals surface area contributed by atoms with Crippen molar-refractivity contribution >= 4 is 17.7 Å². The highest BCUT2D eigenvalue weighted by Gasteiger charge is 2.47. The Morgan fingerprint density at radius 2 is 1.55 bits per heavy atom. The first kappa shape index (κ1) is 19.7. The Morgan fingerprint density at radius 3 is 2.09 bits per heavy atom. The minimum Gasteiger partial charge on any atom is -0.449 e. The summed E-state index contributed by atoms with van der Waals surface area (Å²) in [5.74, 6) is -0.285. The van der Waals surface area contributed by atoms with E-state index < -0.39 is 0 Å². The van der Waals surface area contributed by atoms with Crippen molar-refractivity contribution in [2.75, 3.05) is 26.4 Å². The Kier molecular flexibility index (Phi) is 10.1. The van der Waals surface area contributed by atoms with Gasteiger partial charge in [0.2, 0.25) is 0 Å². The van der Waals surface area contributed by atoms with Crippen LogP contribution in [0.25, 0.3) is 0 Å². The van der Waals surface area contributed by atoms with E-state index in [1.54, 1.807) is 11.8 Å². The highest BCUT2D eigenvalue weighted by Crippen LogP contribution is 2.39. The number of carbonyl (C=O) groups is 1. The molecule has 1 saturated heterocycles. The van der Waals surface area contributed by atoms with Crippen LogP contribution in [0.2, 0.25) is 0 Å². The van der Waals surface area contributed by atoms with Gasteiger partial charge in [-0.15, -0.1) is 11.8 Å². The third-order valence-corrected chi connectivity index (χ3v) is 4.60. The van der Waals surface area contributed by atoms with Crippen LogP contribution >= 0.6 is 11.8 Å². The first-order chi connectivity index (χ1) is 10.6. The first-order valence-corrected chi connectivity index (χ1v) is 9.21. The molecule has 4 atom stereocenters. The highest BCUT2D eigenvalue weighted by molar-refractivity contribution is 8.00. The second-order valence-corrected chi connectivity index (χ2v) is 6.74. The molecule has 0 spiro atoms. The van der Waals surface area contributed by atoms with Gasteiger partial charge in [-0.05, 0) is 19.3 Å². The molecule has 0 amide bonds. The van der Waals surface area contributed by atoms with Crippen molar-refractivity contribution in [1.82, 2.24) is 0 Å². The maximum atomic E-state index is 11.3. The second kappa shape index (κ2) is 11.3. The van der Waals surface area contributed by atoms with Crippen LogP contribution in [0, 0.1) is 0 Å². The maximum Gasteiger partial charge on any atom is 0.303 e. The molecule has 0 aromatic carbocycles. The van der Waals surface area contributed by atoms with E-state index in [2.05, 4.69) is 20.8 Å². The van der Waals surface area contributed by atoms with Crippen LogP contribution < -0.4 is 0 Å². The zero-order chi connectivity index (χ0) is 16.4. The molecule has 6 heteroatoms. The largest absolute Gasteiger partial charge is 0.449 e. The lowest BCUT2D eigenvalue weighted by molar-refractivity contribution is -0.153. The number of carbonyl (C=O) groups excluding carboxylic acids is 1. The van der Waals surface area contributed by atoms with Crippen LogP contribution in [-0.4, -0.2) is 55.3 Å². The molecule has 1 aliphatic rings. The fourth-order valence-corrected chi connectivity index (χ4v) is 3.80. The SMILES string of the molecule is CCCOC[C@H]1SC(OC(C)=O)[C@H](OCCC)[C@H]1OCCC. The molecule has 0 aromatic heterocycles. The summed E-state index contributed by atoms with van der Waals surface area (Å²) < 4.78 is 23.1. The monoisotopic (exact) mass is 334 g/mol. The minimum atomic E-state index is -0.318. The molecule has 1 unspecified atom stereocenters. The Hall–Kier alpha value is -0.300. The average Bonchev–Trinajstić information content (AvgIpc) is 2.79. The Labute approximate surface area is 138 Å². The molecular formula is C16H30O5S. The third kappa shape index (κ3) is 6.44. The van der Waals surface area contributed by atoms with Gasteiger partial charge >= 0.3 is 5.97 Å². The minimum absolute atomic E-state index is 0.0993. The number of hydrogen-bond donors (Lipinski definition) is 0. The lowest BCUT2D eigenvalue weighted by atomic mass is 10.1. The summed E-state index contributed by atoms with van der Waals surface area (Å²) in [5, 5.41) is 0.129. The standard InChI is InChI=1S/C16H30O5S/c1-5-8-18-11-13-14(19-9-6-2)15(20-10-7-3)16(22-13)21-12(4)17/h13-16H,5-11H2,1-4H3/t13-,14+,15-,16?/m1/s1. The first-order valence-electron chi connectivity index (χ1n) is 8.27. The van der Waals surface area contributed by atoms with Crippen molar-refractivity contribution in [3.05, 3.63) is 0 Å². The smallest absolute Gasteiger partial charge is 0.303 e. The molecule has 130 valence electrons. The van der Waals surface area contributed by atoms with Crippen LogP contribution in [0.3, 0.4) is 0 Å². The molecule has 0 aromatic rings. The molecule has 1 fully saturated rings. The molecule has 1 heterocycles. The molecule has 5 nitrogen and oxygen atoms in total. The fraction of sp³-hybridized carbons (Fsp3) is 0.938. The van der Waals surface area contributed by atoms with E-state index in [9.17, 15) is 4.79 Å². The number of rotatable bonds is 11. The van der Waals surface area contributed by atoms with Gasteiger partial charge in [-0.3, -0.25) is 4.79 Å². The van der Waals surface area contributed by atoms with Gasteiger partial charge in [0.05, 0.1) is 11.9 Å². The molecule has 0 aliphatic carbocycles. The van der Waals surface area contributed by atoms with Gasteiger partial charge in [-0.2, -0.15) is 0 Å². The zero-order valence-electron chi connectivity index (χ0n) is 14.2. The van der Waals surface area contributed by atoms with Crippen molar-refractivity contribution in [3.63, 3.8) is 0 Å². The molecule has 0 radical (unpaired) electrons. The summed E-state index contributed by atoms with van der Waals surface area (Å²) in [6.07, 6.45) is 2.53. The fourth-order valence-electron chi connectivity index (χ4n) is 2.31. The van der Waals surface area contributed by atoms with Crippen LogP contribution in [0.4, 0.5) is 0 Å². The number of hydrogen-bond acceptors (Lipinski definition) is 6. The number of ether oxygens (including phenoxy) is 4. The van der Waals surface area contributed by atoms with E-state index in [1.807, 2.05) is 0 Å². The summed E-state index contributed by atoms with van der Waals surface area (Å²) in [4.78, 5) is 11.3. The van der Waals surface area contributed by atoms with Crippen molar-refractivity contribution < 1.29 is 23.7 Å². The van der Waals surface area contributed by atoms with E-state index in [4.69, 9.17) is 18.9 Å². The van der Waals surface area contributed by atoms with E-state index in [-0.39, 0.29) is 28.9 Å². The normalized spacial score (nSPS) is 28.0. The van der Waals surface area contributed by atoms with E-state index in [0.29, 0.717) is 19.8 Å². The average molecular weight is 334 g/mol. The molecule has 22 heavy (non-hydrogen) atoms. The van der Waals surface area contributed by atoms with Gasteiger partial charge in [-0.1, -0.05) is 20.8 Å². The quantitative estimate of drug-likeness (QED) is 0.428. The Bertz CT molecular complexity index is 313. The molecule has 0 saturated carbocycles. The maximum absolute atomic E-state index is 11.3. The van der Waals surface area contributed by atoms with E-state index >= 15 is 0 Å². The van der Waals surface area contributed by atoms with E-state index in [0.717, 1.165) is 25.9 Å². The molecule has 1 rings (SSSR count). The van der Waals surface area contributed by atoms with Crippen LogP contribution in [-0.2, 0) is 23.7 Å². The number of esters is 1. The summed E-state index contributed by atoms with van der Waals surface area (Å²) in [5.41, 5.74) is -0.318. The lowest BCUT2D eigenvalue weighted by Crippen LogP contribution is -2.40. The molecule has 0 bridgehead atoms.